The standard InChI is InChI=1S/C28H30BrClFN5O2.C24H27ClFN5O.C4H5BrO2/c1-36-9-6-28(7-10-36)14-18(15-28)16-38-25-13-23-20(12-24(25)35-26(37)3-2-8-29)27(33-17-32-23)34-19-4-5-22(31)21(30)11-19;1-31-6-4-24(5-7-31)11-15(12-24)13-32-22-10-21-17(9-20(22)27)23(29-14-28-21)30-16-2-3-19(26)18(25)8-16;5-3-1-2-4(6)7/h2-5,11-13,17-18H,6-10,14-16H2,1H3,(H,35,37)(H,32,33,34);2-3,8-10,14-15H,4-7,11-13,27H2,1H3,(H,28,29,30);1-2H,3H2,(H,6,7)/b3-2+;;2-1+. The Bertz CT molecular complexity index is 3110. The number of nitrogens with one attached hydrogen (secondary N) is 3. The SMILES string of the molecule is CN1CCC2(CC1)CC(COc1cc3ncnc(Nc4ccc(F)c(Cl)c4)c3cc1N)C2.CN1CCC2(CC1)CC(COc1cc3ncnc(Nc4ccc(F)c(Cl)c4)c3cc1NC(=O)/C=C/CBr)C2.O=C(O)/C=C/CBr. The normalized spacial score (nSPS) is 17.3. The number of carbonyl (C=O) groups is 2. The number of hydrogen-bond acceptors (Lipinski definition) is 13. The zero-order valence-corrected chi connectivity index (χ0v) is 47.5. The van der Waals surface area contributed by atoms with Gasteiger partial charge in [-0.15, -0.1) is 0 Å². The summed E-state index contributed by atoms with van der Waals surface area (Å²) >= 11 is 18.2. The third-order valence-corrected chi connectivity index (χ3v) is 16.1. The quantitative estimate of drug-likeness (QED) is 0.0370. The number of nitrogens with zero attached hydrogens (tertiary/aromatic N) is 6. The summed E-state index contributed by atoms with van der Waals surface area (Å²) in [6, 6.07) is 16.1. The van der Waals surface area contributed by atoms with E-state index in [1.807, 2.05) is 18.2 Å². The Morgan fingerprint density at radius 3 is 1.61 bits per heavy atom. The molecule has 0 bridgehead atoms. The predicted molar refractivity (Wildman–Crippen MR) is 310 cm³/mol. The number of carboxylic acid groups (broad SMARTS) is 1. The van der Waals surface area contributed by atoms with Crippen LogP contribution >= 0.6 is 55.1 Å². The van der Waals surface area contributed by atoms with Gasteiger partial charge in [0.2, 0.25) is 5.91 Å². The Morgan fingerprint density at radius 1 is 0.701 bits per heavy atom. The number of halogens is 6. The number of allylic oxidation sites excluding steroid dienone is 2. The Morgan fingerprint density at radius 2 is 1.16 bits per heavy atom. The molecule has 10 rings (SSSR count). The van der Waals surface area contributed by atoms with Crippen molar-refractivity contribution in [2.24, 2.45) is 22.7 Å². The maximum absolute atomic E-state index is 13.6. The van der Waals surface area contributed by atoms with Crippen molar-refractivity contribution >= 4 is 123 Å². The van der Waals surface area contributed by atoms with Gasteiger partial charge in [-0.3, -0.25) is 4.79 Å². The van der Waals surface area contributed by atoms with Crippen LogP contribution in [0.2, 0.25) is 10.0 Å². The summed E-state index contributed by atoms with van der Waals surface area (Å²) in [5.41, 5.74) is 11.0. The van der Waals surface area contributed by atoms with Crippen LogP contribution in [0.4, 0.5) is 43.2 Å². The van der Waals surface area contributed by atoms with E-state index in [0.29, 0.717) is 103 Å². The number of nitrogens with two attached hydrogens (primary N) is 1. The number of carboxylic acids is 1. The molecular weight excluding hydrogens is 1160 g/mol. The lowest BCUT2D eigenvalue weighted by Gasteiger charge is -2.51. The highest BCUT2D eigenvalue weighted by atomic mass is 79.9. The number of ether oxygens (including phenoxy) is 2. The first-order chi connectivity index (χ1) is 37.0. The molecule has 2 aliphatic carbocycles. The van der Waals surface area contributed by atoms with E-state index in [1.54, 1.807) is 24.3 Å². The second-order valence-electron chi connectivity index (χ2n) is 20.4. The van der Waals surface area contributed by atoms with Crippen LogP contribution in [-0.4, -0.2) is 111 Å². The van der Waals surface area contributed by atoms with Gasteiger partial charge in [-0.05, 0) is 163 Å². The number of hydrogen-bond donors (Lipinski definition) is 5. The van der Waals surface area contributed by atoms with Gasteiger partial charge in [-0.1, -0.05) is 67.2 Å². The van der Waals surface area contributed by atoms with E-state index in [-0.39, 0.29) is 16.0 Å². The molecule has 77 heavy (non-hydrogen) atoms. The van der Waals surface area contributed by atoms with E-state index in [4.69, 9.17) is 43.5 Å². The molecule has 4 aromatic carbocycles. The Labute approximate surface area is 473 Å². The highest BCUT2D eigenvalue weighted by Gasteiger charge is 2.46. The van der Waals surface area contributed by atoms with Gasteiger partial charge in [0.15, 0.2) is 0 Å². The van der Waals surface area contributed by atoms with E-state index in [0.717, 1.165) is 30.1 Å². The van der Waals surface area contributed by atoms with Crippen molar-refractivity contribution in [2.45, 2.75) is 51.4 Å². The topological polar surface area (TPSA) is 193 Å². The van der Waals surface area contributed by atoms with E-state index in [2.05, 4.69) is 91.6 Å². The maximum Gasteiger partial charge on any atom is 0.328 e. The molecule has 15 nitrogen and oxygen atoms in total. The fraction of sp³-hybridized carbons (Fsp3) is 0.393. The van der Waals surface area contributed by atoms with Gasteiger partial charge in [0.1, 0.15) is 47.4 Å². The number of nitrogen functional groups attached to an aromatic ring is 1. The van der Waals surface area contributed by atoms with Gasteiger partial charge in [0.25, 0.3) is 0 Å². The molecule has 2 aliphatic heterocycles. The number of carbonyl (C=O) groups excluding carboxylic acids is 1. The molecule has 6 aromatic rings. The van der Waals surface area contributed by atoms with Crippen LogP contribution in [-0.2, 0) is 9.59 Å². The molecule has 4 aliphatic rings. The largest absolute Gasteiger partial charge is 0.491 e. The molecule has 2 aromatic heterocycles. The smallest absolute Gasteiger partial charge is 0.328 e. The van der Waals surface area contributed by atoms with E-state index in [9.17, 15) is 18.4 Å². The Kier molecular flexibility index (Phi) is 19.6. The molecule has 2 saturated heterocycles. The molecule has 1 amide bonds. The third-order valence-electron chi connectivity index (χ3n) is 14.8. The summed E-state index contributed by atoms with van der Waals surface area (Å²) in [5, 5.41) is 19.9. The van der Waals surface area contributed by atoms with E-state index in [1.165, 1.54) is 114 Å². The summed E-state index contributed by atoms with van der Waals surface area (Å²) < 4.78 is 39.5. The highest BCUT2D eigenvalue weighted by Crippen LogP contribution is 2.54. The first-order valence-electron chi connectivity index (χ1n) is 25.4. The van der Waals surface area contributed by atoms with Crippen molar-refractivity contribution in [3.63, 3.8) is 0 Å². The number of anilines is 6. The number of alkyl halides is 2. The van der Waals surface area contributed by atoms with Crippen LogP contribution in [0.5, 0.6) is 11.5 Å². The van der Waals surface area contributed by atoms with Crippen LogP contribution < -0.4 is 31.2 Å². The van der Waals surface area contributed by atoms with Crippen LogP contribution in [0.25, 0.3) is 21.8 Å². The van der Waals surface area contributed by atoms with E-state index >= 15 is 0 Å². The molecule has 0 radical (unpaired) electrons. The Hall–Kier alpha value is -5.70. The minimum absolute atomic E-state index is 0.00796. The number of likely N-dealkylation sites (tertiary alicyclic amines) is 2. The molecule has 6 N–H and O–H groups in total. The summed E-state index contributed by atoms with van der Waals surface area (Å²) in [7, 11) is 4.39. The molecular formula is C56H62Br2Cl2F2N10O5. The number of aromatic nitrogens is 4. The summed E-state index contributed by atoms with van der Waals surface area (Å²) in [5.74, 6) is 1.23. The van der Waals surface area contributed by atoms with Gasteiger partial charge in [0.05, 0.1) is 45.7 Å². The zero-order chi connectivity index (χ0) is 54.7. The van der Waals surface area contributed by atoms with Crippen LogP contribution in [0.1, 0.15) is 51.4 Å². The number of piperidine rings is 2. The van der Waals surface area contributed by atoms with Gasteiger partial charge < -0.3 is 46.1 Å². The van der Waals surface area contributed by atoms with Gasteiger partial charge >= 0.3 is 5.97 Å². The van der Waals surface area contributed by atoms with Crippen molar-refractivity contribution in [3.05, 3.63) is 119 Å². The zero-order valence-electron chi connectivity index (χ0n) is 42.8. The Balaban J connectivity index is 0.000000183. The molecule has 21 heteroatoms. The number of fused-ring (bicyclic) bond motifs is 2. The van der Waals surface area contributed by atoms with Crippen LogP contribution in [0.15, 0.2) is 97.6 Å². The van der Waals surface area contributed by atoms with Crippen molar-refractivity contribution in [1.82, 2.24) is 29.7 Å². The first-order valence-corrected chi connectivity index (χ1v) is 28.4. The summed E-state index contributed by atoms with van der Waals surface area (Å²) in [6.07, 6.45) is 18.7. The van der Waals surface area contributed by atoms with Gasteiger partial charge in [0, 0.05) is 57.1 Å². The first kappa shape index (κ1) is 57.5. The number of amides is 1. The summed E-state index contributed by atoms with van der Waals surface area (Å²) in [6.45, 7) is 5.99. The molecule has 4 heterocycles. The third kappa shape index (κ3) is 15.3. The fourth-order valence-corrected chi connectivity index (χ4v) is 11.3. The molecule has 2 saturated carbocycles. The fourth-order valence-electron chi connectivity index (χ4n) is 10.6. The van der Waals surface area contributed by atoms with Crippen molar-refractivity contribution in [1.29, 1.82) is 0 Å². The number of rotatable bonds is 15. The molecule has 0 unspecified atom stereocenters. The predicted octanol–water partition coefficient (Wildman–Crippen LogP) is 12.8. The lowest BCUT2D eigenvalue weighted by Crippen LogP contribution is -2.47. The van der Waals surface area contributed by atoms with Gasteiger partial charge in [-0.25, -0.2) is 33.5 Å². The maximum atomic E-state index is 13.6. The lowest BCUT2D eigenvalue weighted by molar-refractivity contribution is -0.131. The van der Waals surface area contributed by atoms with Gasteiger partial charge in [-0.2, -0.15) is 0 Å². The van der Waals surface area contributed by atoms with E-state index < -0.39 is 17.6 Å². The van der Waals surface area contributed by atoms with Crippen LogP contribution in [0, 0.1) is 34.3 Å². The van der Waals surface area contributed by atoms with Crippen molar-refractivity contribution in [2.75, 3.05) is 85.8 Å². The van der Waals surface area contributed by atoms with Crippen molar-refractivity contribution < 1.29 is 33.0 Å². The number of benzene rings is 4. The molecule has 408 valence electrons. The summed E-state index contributed by atoms with van der Waals surface area (Å²) in [4.78, 5) is 44.5. The number of aliphatic carboxylic acids is 1. The minimum atomic E-state index is -0.903. The second kappa shape index (κ2) is 26.3. The second-order valence-corrected chi connectivity index (χ2v) is 22.6. The van der Waals surface area contributed by atoms with Crippen LogP contribution in [0.3, 0.4) is 0 Å². The monoisotopic (exact) mass is 1220 g/mol. The highest BCUT2D eigenvalue weighted by molar-refractivity contribution is 9.09. The molecule has 0 atom stereocenters. The molecule has 4 fully saturated rings. The average molecular weight is 1220 g/mol. The average Bonchev–Trinajstić information content (AvgIpc) is 3.39. The lowest BCUT2D eigenvalue weighted by atomic mass is 9.58. The molecule has 2 spiro atoms. The minimum Gasteiger partial charge on any atom is -0.491 e. The van der Waals surface area contributed by atoms with Crippen molar-refractivity contribution in [3.8, 4) is 11.5 Å².